The van der Waals surface area contributed by atoms with Gasteiger partial charge in [0.25, 0.3) is 0 Å². The molecule has 3 amide bonds. The van der Waals surface area contributed by atoms with Crippen LogP contribution < -0.4 is 11.1 Å². The number of nitrogens with one attached hydrogen (secondary N) is 1. The maximum absolute atomic E-state index is 11.5. The first-order chi connectivity index (χ1) is 8.09. The largest absolute Gasteiger partial charge is 0.370 e. The van der Waals surface area contributed by atoms with E-state index in [9.17, 15) is 9.59 Å². The number of thioether (sulfide) groups is 1. The number of fused-ring (bicyclic) bond motifs is 1. The summed E-state index contributed by atoms with van der Waals surface area (Å²) in [5, 5.41) is 3.49. The molecule has 96 valence electrons. The maximum atomic E-state index is 11.5. The van der Waals surface area contributed by atoms with Crippen LogP contribution in [0.25, 0.3) is 0 Å². The molecule has 0 radical (unpaired) electrons. The number of likely N-dealkylation sites (N-methyl/N-ethyl adjacent to an activating group) is 1. The van der Waals surface area contributed by atoms with Crippen molar-refractivity contribution in [3.8, 4) is 0 Å². The van der Waals surface area contributed by atoms with E-state index >= 15 is 0 Å². The lowest BCUT2D eigenvalue weighted by molar-refractivity contribution is -0.118. The Labute approximate surface area is 105 Å². The van der Waals surface area contributed by atoms with Crippen molar-refractivity contribution >= 4 is 23.7 Å². The van der Waals surface area contributed by atoms with Crippen LogP contribution in [0.4, 0.5) is 4.79 Å². The number of nitrogens with zero attached hydrogens (tertiary/aromatic N) is 1. The van der Waals surface area contributed by atoms with Crippen LogP contribution in [-0.4, -0.2) is 47.0 Å². The molecule has 3 N–H and O–H groups in total. The van der Waals surface area contributed by atoms with Crippen molar-refractivity contribution in [2.24, 2.45) is 5.73 Å². The molecule has 0 aromatic carbocycles. The number of hydrogen-bond donors (Lipinski definition) is 2. The van der Waals surface area contributed by atoms with E-state index in [4.69, 9.17) is 5.73 Å². The molecule has 0 spiro atoms. The lowest BCUT2D eigenvalue weighted by Crippen LogP contribution is -2.38. The van der Waals surface area contributed by atoms with E-state index in [1.54, 1.807) is 0 Å². The highest BCUT2D eigenvalue weighted by molar-refractivity contribution is 8.00. The van der Waals surface area contributed by atoms with Gasteiger partial charge >= 0.3 is 6.03 Å². The average molecular weight is 257 g/mol. The van der Waals surface area contributed by atoms with Crippen LogP contribution in [0.3, 0.4) is 0 Å². The highest BCUT2D eigenvalue weighted by atomic mass is 32.2. The molecule has 5 nitrogen and oxygen atoms in total. The highest BCUT2D eigenvalue weighted by Gasteiger charge is 2.46. The first-order valence-corrected chi connectivity index (χ1v) is 7.07. The highest BCUT2D eigenvalue weighted by Crippen LogP contribution is 2.36. The van der Waals surface area contributed by atoms with Crippen LogP contribution in [0.5, 0.6) is 0 Å². The van der Waals surface area contributed by atoms with Crippen molar-refractivity contribution in [1.29, 1.82) is 0 Å². The third-order valence-corrected chi connectivity index (χ3v) is 5.02. The number of unbranched alkanes of at least 4 members (excludes halogenated alkanes) is 1. The van der Waals surface area contributed by atoms with E-state index in [1.165, 1.54) is 0 Å². The van der Waals surface area contributed by atoms with Gasteiger partial charge in [-0.3, -0.25) is 4.79 Å². The Kier molecular flexibility index (Phi) is 3.81. The Bertz CT molecular complexity index is 324. The van der Waals surface area contributed by atoms with Crippen LogP contribution in [0.1, 0.15) is 25.7 Å². The Morgan fingerprint density at radius 3 is 3.06 bits per heavy atom. The molecule has 0 aromatic rings. The smallest absolute Gasteiger partial charge is 0.317 e. The molecule has 0 saturated carbocycles. The predicted molar refractivity (Wildman–Crippen MR) is 67.8 cm³/mol. The van der Waals surface area contributed by atoms with E-state index in [1.807, 2.05) is 23.7 Å². The molecule has 2 rings (SSSR count). The van der Waals surface area contributed by atoms with Crippen molar-refractivity contribution in [3.05, 3.63) is 0 Å². The summed E-state index contributed by atoms with van der Waals surface area (Å²) in [5.74, 6) is 0.776. The number of carbonyl (C=O) groups excluding carboxylic acids is 2. The second-order valence-electron chi connectivity index (χ2n) is 4.74. The van der Waals surface area contributed by atoms with Crippen LogP contribution in [0.15, 0.2) is 0 Å². The first kappa shape index (κ1) is 12.5. The zero-order chi connectivity index (χ0) is 12.4. The summed E-state index contributed by atoms with van der Waals surface area (Å²) in [6.45, 7) is 0. The van der Waals surface area contributed by atoms with Gasteiger partial charge in [0.1, 0.15) is 0 Å². The average Bonchev–Trinajstić information content (AvgIpc) is 2.77. The summed E-state index contributed by atoms with van der Waals surface area (Å²) in [4.78, 5) is 23.9. The summed E-state index contributed by atoms with van der Waals surface area (Å²) >= 11 is 1.93. The number of primary amides is 1. The van der Waals surface area contributed by atoms with Crippen molar-refractivity contribution < 1.29 is 9.59 Å². The number of nitrogens with two attached hydrogens (primary N) is 1. The molecule has 0 aromatic heterocycles. The summed E-state index contributed by atoms with van der Waals surface area (Å²) in [6, 6.07) is 0.669. The van der Waals surface area contributed by atoms with E-state index < -0.39 is 0 Å². The molecule has 0 aliphatic carbocycles. The molecule has 2 fully saturated rings. The summed E-state index contributed by atoms with van der Waals surface area (Å²) < 4.78 is 0. The molecule has 17 heavy (non-hydrogen) atoms. The fourth-order valence-corrected chi connectivity index (χ4v) is 4.26. The van der Waals surface area contributed by atoms with Gasteiger partial charge in [-0.25, -0.2) is 4.79 Å². The molecule has 3 unspecified atom stereocenters. The minimum atomic E-state index is -0.225. The molecule has 3 atom stereocenters. The van der Waals surface area contributed by atoms with Gasteiger partial charge in [0, 0.05) is 24.5 Å². The fourth-order valence-electron chi connectivity index (χ4n) is 2.62. The third-order valence-electron chi connectivity index (χ3n) is 3.52. The Morgan fingerprint density at radius 1 is 1.59 bits per heavy atom. The molecular weight excluding hydrogens is 238 g/mol. The Balaban J connectivity index is 1.78. The number of hydrogen-bond acceptors (Lipinski definition) is 3. The van der Waals surface area contributed by atoms with Crippen LogP contribution in [0.2, 0.25) is 0 Å². The second-order valence-corrected chi connectivity index (χ2v) is 6.01. The molecule has 2 aliphatic heterocycles. The lowest BCUT2D eigenvalue weighted by Gasteiger charge is -2.23. The van der Waals surface area contributed by atoms with Crippen molar-refractivity contribution in [2.75, 3.05) is 12.8 Å². The SMILES string of the molecule is CN1C(=O)NC2CSC(CCCCC(N)=O)C21. The van der Waals surface area contributed by atoms with Crippen LogP contribution >= 0.6 is 11.8 Å². The zero-order valence-corrected chi connectivity index (χ0v) is 10.8. The zero-order valence-electron chi connectivity index (χ0n) is 10.0. The number of carbonyl (C=O) groups is 2. The maximum Gasteiger partial charge on any atom is 0.317 e. The van der Waals surface area contributed by atoms with Gasteiger partial charge in [0.15, 0.2) is 0 Å². The molecule has 2 heterocycles. The van der Waals surface area contributed by atoms with E-state index in [2.05, 4.69) is 5.32 Å². The van der Waals surface area contributed by atoms with Gasteiger partial charge in [0.05, 0.1) is 12.1 Å². The van der Waals surface area contributed by atoms with Gasteiger partial charge < -0.3 is 16.0 Å². The minimum absolute atomic E-state index is 0.0439. The number of amides is 3. The monoisotopic (exact) mass is 257 g/mol. The molecule has 2 saturated heterocycles. The second kappa shape index (κ2) is 5.16. The normalized spacial score (nSPS) is 31.5. The lowest BCUT2D eigenvalue weighted by atomic mass is 10.0. The minimum Gasteiger partial charge on any atom is -0.370 e. The van der Waals surface area contributed by atoms with Crippen molar-refractivity contribution in [2.45, 2.75) is 43.0 Å². The number of urea groups is 1. The van der Waals surface area contributed by atoms with Crippen LogP contribution in [0, 0.1) is 0 Å². The fraction of sp³-hybridized carbons (Fsp3) is 0.818. The summed E-state index contributed by atoms with van der Waals surface area (Å²) in [5.41, 5.74) is 5.11. The van der Waals surface area contributed by atoms with Crippen LogP contribution in [-0.2, 0) is 4.79 Å². The first-order valence-electron chi connectivity index (χ1n) is 6.03. The molecular formula is C11H19N3O2S. The summed E-state index contributed by atoms with van der Waals surface area (Å²) in [7, 11) is 1.86. The topological polar surface area (TPSA) is 75.4 Å². The van der Waals surface area contributed by atoms with Crippen molar-refractivity contribution in [3.63, 3.8) is 0 Å². The Hall–Kier alpha value is -0.910. The predicted octanol–water partition coefficient (Wildman–Crippen LogP) is 0.540. The molecule has 2 aliphatic rings. The number of rotatable bonds is 5. The van der Waals surface area contributed by atoms with E-state index in [0.29, 0.717) is 23.8 Å². The standard InChI is InChI=1S/C11H19N3O2S/c1-14-10-7(13-11(14)16)6-17-8(10)4-2-3-5-9(12)15/h7-8,10H,2-6H2,1H3,(H2,12,15)(H,13,16). The van der Waals surface area contributed by atoms with Gasteiger partial charge in [-0.05, 0) is 12.8 Å². The third kappa shape index (κ3) is 2.68. The quantitative estimate of drug-likeness (QED) is 0.557. The van der Waals surface area contributed by atoms with E-state index in [-0.39, 0.29) is 11.9 Å². The van der Waals surface area contributed by atoms with Gasteiger partial charge in [-0.1, -0.05) is 6.42 Å². The van der Waals surface area contributed by atoms with Gasteiger partial charge in [0.2, 0.25) is 5.91 Å². The van der Waals surface area contributed by atoms with Crippen molar-refractivity contribution in [1.82, 2.24) is 10.2 Å². The molecule has 0 bridgehead atoms. The Morgan fingerprint density at radius 2 is 2.35 bits per heavy atom. The summed E-state index contributed by atoms with van der Waals surface area (Å²) in [6.07, 6.45) is 3.39. The van der Waals surface area contributed by atoms with E-state index in [0.717, 1.165) is 25.0 Å². The molecule has 6 heteroatoms. The van der Waals surface area contributed by atoms with Gasteiger partial charge in [-0.15, -0.1) is 0 Å². The van der Waals surface area contributed by atoms with Gasteiger partial charge in [-0.2, -0.15) is 11.8 Å².